The molecule has 29 heavy (non-hydrogen) atoms. The average molecular weight is 402 g/mol. The van der Waals surface area contributed by atoms with Gasteiger partial charge in [-0.25, -0.2) is 0 Å². The molecule has 1 aliphatic carbocycles. The molecule has 0 N–H and O–H groups in total. The van der Waals surface area contributed by atoms with Gasteiger partial charge in [0.2, 0.25) is 0 Å². The number of fused-ring (bicyclic) bond motifs is 3. The molecule has 0 atom stereocenters. The van der Waals surface area contributed by atoms with Gasteiger partial charge in [0, 0.05) is 5.41 Å². The van der Waals surface area contributed by atoms with Crippen molar-refractivity contribution in [3.05, 3.63) is 137 Å². The van der Waals surface area contributed by atoms with Crippen molar-refractivity contribution in [3.63, 3.8) is 0 Å². The Balaban J connectivity index is 0.00000240. The molecule has 0 bridgehead atoms. The zero-order valence-electron chi connectivity index (χ0n) is 17.4. The van der Waals surface area contributed by atoms with Crippen LogP contribution >= 0.6 is 0 Å². The number of hydrogen-bond acceptors (Lipinski definition) is 0. The molecule has 2 aliphatic rings. The number of allylic oxidation sites excluding steroid dienone is 8. The van der Waals surface area contributed by atoms with Crippen LogP contribution in [0, 0.1) is 0 Å². The summed E-state index contributed by atoms with van der Waals surface area (Å²) in [5.41, 5.74) is 8.83. The normalized spacial score (nSPS) is 24.0. The van der Waals surface area contributed by atoms with Gasteiger partial charge in [0.15, 0.2) is 0 Å². The van der Waals surface area contributed by atoms with Crippen molar-refractivity contribution < 1.29 is 51.4 Å². The molecule has 0 fully saturated rings. The predicted octanol–water partition coefficient (Wildman–Crippen LogP) is 4.35. The molecule has 2 aromatic carbocycles. The van der Waals surface area contributed by atoms with Gasteiger partial charge in [0.05, 0.1) is 0 Å². The van der Waals surface area contributed by atoms with Crippen LogP contribution in [0.4, 0.5) is 0 Å². The summed E-state index contributed by atoms with van der Waals surface area (Å²) in [6, 6.07) is 18.9. The summed E-state index contributed by atoms with van der Waals surface area (Å²) in [4.78, 5) is 0. The minimum absolute atomic E-state index is 0. The number of hydrogen-bond donors (Lipinski definition) is 0. The molecule has 0 saturated heterocycles. The van der Waals surface area contributed by atoms with Crippen molar-refractivity contribution in [2.24, 2.45) is 0 Å². The third-order valence-corrected chi connectivity index (χ3v) is 5.57. The molecule has 0 amide bonds. The molecule has 138 valence electrons. The van der Waals surface area contributed by atoms with Crippen LogP contribution in [0.15, 0.2) is 115 Å². The fraction of sp³-hybridized carbons (Fsp3) is 0.111. The summed E-state index contributed by atoms with van der Waals surface area (Å²) >= 11 is 0. The maximum atomic E-state index is 4.71. The van der Waals surface area contributed by atoms with Gasteiger partial charge in [-0.2, -0.15) is 12.4 Å². The van der Waals surface area contributed by atoms with Gasteiger partial charge in [-0.1, -0.05) is 99.8 Å². The molecule has 0 radical (unpaired) electrons. The smallest absolute Gasteiger partial charge is 0.669 e. The molecule has 1 nitrogen and oxygen atoms in total. The van der Waals surface area contributed by atoms with E-state index in [1.165, 1.54) is 16.7 Å². The van der Waals surface area contributed by atoms with Crippen LogP contribution in [0.5, 0.6) is 0 Å². The van der Waals surface area contributed by atoms with E-state index in [9.17, 15) is 0 Å². The Bertz CT molecular complexity index is 1080. The van der Waals surface area contributed by atoms with Gasteiger partial charge in [-0.05, 0) is 44.6 Å². The maximum Gasteiger partial charge on any atom is 1.00 e. The van der Waals surface area contributed by atoms with E-state index in [-0.39, 0.29) is 56.8 Å². The maximum absolute atomic E-state index is 4.71. The second-order valence-corrected chi connectivity index (χ2v) is 7.75. The minimum Gasteiger partial charge on any atom is -0.669 e. The molecule has 1 aliphatic heterocycles. The molecular formula is C27H24KN. The van der Waals surface area contributed by atoms with Gasteiger partial charge >= 0.3 is 51.4 Å². The van der Waals surface area contributed by atoms with Crippen molar-refractivity contribution in [1.82, 2.24) is 0 Å². The second kappa shape index (κ2) is 8.99. The monoisotopic (exact) mass is 401 g/mol. The summed E-state index contributed by atoms with van der Waals surface area (Å²) in [6.07, 6.45) is 10.2. The largest absolute Gasteiger partial charge is 1.00 e. The van der Waals surface area contributed by atoms with Gasteiger partial charge < -0.3 is 5.32 Å². The van der Waals surface area contributed by atoms with Crippen LogP contribution in [0.1, 0.15) is 30.5 Å². The molecule has 2 heteroatoms. The summed E-state index contributed by atoms with van der Waals surface area (Å²) in [5.74, 6) is 0. The van der Waals surface area contributed by atoms with E-state index >= 15 is 0 Å². The summed E-state index contributed by atoms with van der Waals surface area (Å²) in [7, 11) is 0. The summed E-state index contributed by atoms with van der Waals surface area (Å²) in [6.45, 7) is 13.0. The van der Waals surface area contributed by atoms with Gasteiger partial charge in [0.1, 0.15) is 0 Å². The van der Waals surface area contributed by atoms with Crippen LogP contribution in [0.3, 0.4) is 0 Å². The van der Waals surface area contributed by atoms with Gasteiger partial charge in [-0.15, -0.1) is 0 Å². The Morgan fingerprint density at radius 1 is 0.793 bits per heavy atom. The van der Waals surface area contributed by atoms with Crippen molar-refractivity contribution in [1.29, 1.82) is 0 Å². The zero-order valence-corrected chi connectivity index (χ0v) is 20.6. The minimum atomic E-state index is -0.106. The first-order chi connectivity index (χ1) is 13.5. The molecule has 1 heterocycles. The van der Waals surface area contributed by atoms with Crippen molar-refractivity contribution in [3.8, 4) is 0 Å². The van der Waals surface area contributed by atoms with Gasteiger partial charge in [-0.3, -0.25) is 0 Å². The fourth-order valence-corrected chi connectivity index (χ4v) is 3.89. The van der Waals surface area contributed by atoms with E-state index in [1.807, 2.05) is 36.7 Å². The fourth-order valence-electron chi connectivity index (χ4n) is 3.89. The van der Waals surface area contributed by atoms with E-state index in [0.29, 0.717) is 0 Å². The third kappa shape index (κ3) is 4.28. The Kier molecular flexibility index (Phi) is 6.82. The summed E-state index contributed by atoms with van der Waals surface area (Å²) < 4.78 is 0. The number of rotatable bonds is 1. The molecule has 4 rings (SSSR count). The zero-order chi connectivity index (χ0) is 19.7. The van der Waals surface area contributed by atoms with Crippen LogP contribution in [0.25, 0.3) is 16.5 Å². The van der Waals surface area contributed by atoms with E-state index in [4.69, 9.17) is 5.32 Å². The third-order valence-electron chi connectivity index (χ3n) is 5.57. The van der Waals surface area contributed by atoms with E-state index in [1.54, 1.807) is 0 Å². The van der Waals surface area contributed by atoms with Crippen molar-refractivity contribution >= 4 is 11.1 Å². The molecular weight excluding hydrogens is 377 g/mol. The van der Waals surface area contributed by atoms with Crippen LogP contribution < -0.4 is 51.4 Å². The van der Waals surface area contributed by atoms with Crippen molar-refractivity contribution in [2.75, 3.05) is 0 Å². The Morgan fingerprint density at radius 2 is 1.48 bits per heavy atom. The molecule has 0 saturated carbocycles. The van der Waals surface area contributed by atoms with E-state index in [0.717, 1.165) is 27.9 Å². The first-order valence-corrected chi connectivity index (χ1v) is 9.53. The standard InChI is InChI=1S/C27H24N.K/c1-19-14-15-22(21-10-6-5-7-11-21)17-28-18-24-23-12-8-9-13-25(23)27(3,4)26(24)16-20(19)2;/h5-18H,1-2H2,3-4H3;/q-1;+1/b15-14-,22-17+,24-18-,26-16+;. The second-order valence-electron chi connectivity index (χ2n) is 7.75. The molecule has 0 unspecified atom stereocenters. The van der Waals surface area contributed by atoms with Crippen LogP contribution in [0.2, 0.25) is 0 Å². The van der Waals surface area contributed by atoms with Crippen molar-refractivity contribution in [2.45, 2.75) is 19.3 Å². The summed E-state index contributed by atoms with van der Waals surface area (Å²) in [5, 5.41) is 4.71. The predicted molar refractivity (Wildman–Crippen MR) is 121 cm³/mol. The molecule has 0 aromatic heterocycles. The Morgan fingerprint density at radius 3 is 2.24 bits per heavy atom. The van der Waals surface area contributed by atoms with E-state index in [2.05, 4.69) is 75.6 Å². The van der Waals surface area contributed by atoms with Gasteiger partial charge in [0.25, 0.3) is 0 Å². The average Bonchev–Trinajstić information content (AvgIpc) is 2.90. The quantitative estimate of drug-likeness (QED) is 0.631. The van der Waals surface area contributed by atoms with Crippen LogP contribution in [-0.4, -0.2) is 0 Å². The first kappa shape index (κ1) is 22.0. The van der Waals surface area contributed by atoms with E-state index < -0.39 is 0 Å². The number of benzene rings is 2. The molecule has 0 spiro atoms. The Labute approximate surface area is 216 Å². The van der Waals surface area contributed by atoms with Crippen LogP contribution in [-0.2, 0) is 5.41 Å². The topological polar surface area (TPSA) is 14.1 Å². The molecule has 2 aromatic rings. The number of nitrogens with zero attached hydrogens (tertiary/aromatic N) is 1. The Hall–Kier alpha value is -1.68. The SMILES string of the molecule is C=C1/C=C\C(c2ccccc2)=C/[N-]/C=C2\C(=C/C1=C)C(C)(C)c1ccccc12.[K+]. The first-order valence-electron chi connectivity index (χ1n) is 9.53.